The van der Waals surface area contributed by atoms with Crippen LogP contribution in [-0.2, 0) is 6.54 Å². The molecular formula is C33H28N4. The van der Waals surface area contributed by atoms with Crippen LogP contribution in [0.15, 0.2) is 132 Å². The largest absolute Gasteiger partial charge is 0.325 e. The molecule has 1 N–H and O–H groups in total. The molecular weight excluding hydrogens is 452 g/mol. The molecule has 7 rings (SSSR count). The topological polar surface area (TPSA) is 33.1 Å². The maximum absolute atomic E-state index is 5.03. The molecule has 0 amide bonds. The van der Waals surface area contributed by atoms with Crippen molar-refractivity contribution < 1.29 is 0 Å². The van der Waals surface area contributed by atoms with Gasteiger partial charge in [-0.2, -0.15) is 0 Å². The summed E-state index contributed by atoms with van der Waals surface area (Å²) >= 11 is 0. The van der Waals surface area contributed by atoms with Gasteiger partial charge >= 0.3 is 0 Å². The van der Waals surface area contributed by atoms with E-state index in [9.17, 15) is 0 Å². The van der Waals surface area contributed by atoms with Crippen molar-refractivity contribution in [3.8, 4) is 0 Å². The predicted octanol–water partition coefficient (Wildman–Crippen LogP) is 6.90. The number of benzene rings is 4. The van der Waals surface area contributed by atoms with Crippen LogP contribution in [0.5, 0.6) is 0 Å². The summed E-state index contributed by atoms with van der Waals surface area (Å²) in [4.78, 5) is 7.59. The Morgan fingerprint density at radius 3 is 2.22 bits per heavy atom. The molecule has 0 bridgehead atoms. The monoisotopic (exact) mass is 480 g/mol. The molecule has 4 nitrogen and oxygen atoms in total. The fraction of sp³-hybridized carbons (Fsp3) is 0.121. The van der Waals surface area contributed by atoms with Crippen LogP contribution in [0.25, 0.3) is 17.1 Å². The van der Waals surface area contributed by atoms with Gasteiger partial charge in [0.1, 0.15) is 0 Å². The lowest BCUT2D eigenvalue weighted by Crippen LogP contribution is -2.39. The lowest BCUT2D eigenvalue weighted by molar-refractivity contribution is 0.294. The number of hydrogen-bond donors (Lipinski definition) is 1. The highest BCUT2D eigenvalue weighted by Crippen LogP contribution is 2.43. The minimum Gasteiger partial charge on any atom is -0.325 e. The molecule has 1 atom stereocenters. The van der Waals surface area contributed by atoms with Crippen molar-refractivity contribution in [2.75, 3.05) is 18.4 Å². The Bertz CT molecular complexity index is 1610. The molecule has 5 aromatic rings. The first-order chi connectivity index (χ1) is 18.3. The summed E-state index contributed by atoms with van der Waals surface area (Å²) in [5.74, 6) is 0.907. The summed E-state index contributed by atoms with van der Waals surface area (Å²) in [5, 5.41) is 3.78. The Labute approximate surface area is 217 Å². The minimum atomic E-state index is 0.0672. The van der Waals surface area contributed by atoms with Gasteiger partial charge in [0.25, 0.3) is 0 Å². The van der Waals surface area contributed by atoms with Crippen LogP contribution < -0.4 is 5.32 Å². The van der Waals surface area contributed by atoms with Gasteiger partial charge < -0.3 is 5.32 Å². The van der Waals surface area contributed by atoms with Crippen LogP contribution in [0.4, 0.5) is 5.95 Å². The van der Waals surface area contributed by atoms with Crippen molar-refractivity contribution in [1.82, 2.24) is 14.5 Å². The Morgan fingerprint density at radius 2 is 1.43 bits per heavy atom. The molecule has 1 unspecified atom stereocenters. The van der Waals surface area contributed by atoms with Gasteiger partial charge in [0, 0.05) is 25.3 Å². The molecule has 3 heterocycles. The van der Waals surface area contributed by atoms with Crippen molar-refractivity contribution in [2.24, 2.45) is 0 Å². The SMILES string of the molecule is C(=C1\CN(Cc2ccccc2)CC2=C1Nc1nc3ccccc3n1C2c1ccccc1)/c1ccccc1. The molecule has 2 aliphatic rings. The standard InChI is InChI=1S/C33H28N4/c1-4-12-24(13-5-1)20-27-22-36(21-25-14-6-2-7-15-25)23-28-31(27)35-33-34-29-18-10-11-19-30(29)37(33)32(28)26-16-8-3-9-17-26/h1-20,32H,21-23H2,(H,34,35)/b27-20-. The smallest absolute Gasteiger partial charge is 0.209 e. The fourth-order valence-electron chi connectivity index (χ4n) is 5.75. The maximum atomic E-state index is 5.03. The second-order valence-electron chi connectivity index (χ2n) is 9.84. The van der Waals surface area contributed by atoms with E-state index in [2.05, 4.69) is 136 Å². The first kappa shape index (κ1) is 21.8. The van der Waals surface area contributed by atoms with Gasteiger partial charge in [0.05, 0.1) is 17.1 Å². The van der Waals surface area contributed by atoms with E-state index in [0.29, 0.717) is 0 Å². The zero-order valence-electron chi connectivity index (χ0n) is 20.6. The summed E-state index contributed by atoms with van der Waals surface area (Å²) in [6, 6.07) is 40.8. The molecule has 0 aliphatic carbocycles. The van der Waals surface area contributed by atoms with Gasteiger partial charge in [-0.25, -0.2) is 4.98 Å². The van der Waals surface area contributed by atoms with Crippen molar-refractivity contribution >= 4 is 23.1 Å². The van der Waals surface area contributed by atoms with Crippen molar-refractivity contribution in [3.63, 3.8) is 0 Å². The molecule has 1 aromatic heterocycles. The Balaban J connectivity index is 1.41. The normalized spacial score (nSPS) is 18.5. The molecule has 0 radical (unpaired) electrons. The highest BCUT2D eigenvalue weighted by Gasteiger charge is 2.36. The third kappa shape index (κ3) is 4.05. The third-order valence-corrected chi connectivity index (χ3v) is 7.36. The van der Waals surface area contributed by atoms with Crippen molar-refractivity contribution in [1.29, 1.82) is 0 Å². The summed E-state index contributed by atoms with van der Waals surface area (Å²) < 4.78 is 2.38. The summed E-state index contributed by atoms with van der Waals surface area (Å²) in [6.45, 7) is 2.66. The third-order valence-electron chi connectivity index (χ3n) is 7.36. The van der Waals surface area contributed by atoms with Crippen LogP contribution in [0.3, 0.4) is 0 Å². The Hall–Kier alpha value is -4.41. The summed E-state index contributed by atoms with van der Waals surface area (Å²) in [6.07, 6.45) is 2.33. The number of hydrogen-bond acceptors (Lipinski definition) is 3. The summed E-state index contributed by atoms with van der Waals surface area (Å²) in [5.41, 5.74) is 9.88. The lowest BCUT2D eigenvalue weighted by Gasteiger charge is -2.40. The van der Waals surface area contributed by atoms with E-state index in [4.69, 9.17) is 4.98 Å². The van der Waals surface area contributed by atoms with E-state index in [1.54, 1.807) is 0 Å². The van der Waals surface area contributed by atoms with Crippen molar-refractivity contribution in [3.05, 3.63) is 149 Å². The van der Waals surface area contributed by atoms with E-state index < -0.39 is 0 Å². The first-order valence-corrected chi connectivity index (χ1v) is 12.9. The van der Waals surface area contributed by atoms with E-state index >= 15 is 0 Å². The average Bonchev–Trinajstić information content (AvgIpc) is 3.32. The number of anilines is 1. The van der Waals surface area contributed by atoms with Gasteiger partial charge in [-0.3, -0.25) is 9.47 Å². The van der Waals surface area contributed by atoms with Gasteiger partial charge in [-0.1, -0.05) is 103 Å². The molecule has 0 fully saturated rings. The van der Waals surface area contributed by atoms with Crippen LogP contribution in [0.1, 0.15) is 22.7 Å². The van der Waals surface area contributed by atoms with Gasteiger partial charge in [-0.05, 0) is 46.0 Å². The van der Waals surface area contributed by atoms with E-state index in [-0.39, 0.29) is 6.04 Å². The number of nitrogens with zero attached hydrogens (tertiary/aromatic N) is 3. The molecule has 4 aromatic carbocycles. The molecule has 0 spiro atoms. The highest BCUT2D eigenvalue weighted by molar-refractivity contribution is 5.81. The molecule has 0 saturated carbocycles. The van der Waals surface area contributed by atoms with E-state index in [1.807, 2.05) is 0 Å². The zero-order valence-corrected chi connectivity index (χ0v) is 20.6. The number of para-hydroxylation sites is 2. The Kier molecular flexibility index (Phi) is 5.45. The van der Waals surface area contributed by atoms with Crippen molar-refractivity contribution in [2.45, 2.75) is 12.6 Å². The van der Waals surface area contributed by atoms with Crippen LogP contribution in [0.2, 0.25) is 0 Å². The second-order valence-corrected chi connectivity index (χ2v) is 9.84. The molecule has 4 heteroatoms. The number of nitrogens with one attached hydrogen (secondary N) is 1. The average molecular weight is 481 g/mol. The Morgan fingerprint density at radius 1 is 0.757 bits per heavy atom. The fourth-order valence-corrected chi connectivity index (χ4v) is 5.75. The van der Waals surface area contributed by atoms with E-state index in [0.717, 1.165) is 36.6 Å². The zero-order chi connectivity index (χ0) is 24.6. The predicted molar refractivity (Wildman–Crippen MR) is 151 cm³/mol. The number of aromatic nitrogens is 2. The van der Waals surface area contributed by atoms with Crippen LogP contribution in [-0.4, -0.2) is 27.5 Å². The molecule has 2 aliphatic heterocycles. The quantitative estimate of drug-likeness (QED) is 0.304. The summed E-state index contributed by atoms with van der Waals surface area (Å²) in [7, 11) is 0. The number of imidazole rings is 1. The minimum absolute atomic E-state index is 0.0672. The maximum Gasteiger partial charge on any atom is 0.209 e. The number of rotatable bonds is 4. The van der Waals surface area contributed by atoms with Gasteiger partial charge in [0.2, 0.25) is 5.95 Å². The van der Waals surface area contributed by atoms with Crippen LogP contribution in [0, 0.1) is 0 Å². The van der Waals surface area contributed by atoms with Crippen LogP contribution >= 0.6 is 0 Å². The molecule has 0 saturated heterocycles. The lowest BCUT2D eigenvalue weighted by atomic mass is 9.88. The second kappa shape index (κ2) is 9.23. The molecule has 180 valence electrons. The van der Waals surface area contributed by atoms with Gasteiger partial charge in [0.15, 0.2) is 0 Å². The van der Waals surface area contributed by atoms with Gasteiger partial charge in [-0.15, -0.1) is 0 Å². The highest BCUT2D eigenvalue weighted by atomic mass is 15.3. The molecule has 37 heavy (non-hydrogen) atoms. The number of fused-ring (bicyclic) bond motifs is 3. The first-order valence-electron chi connectivity index (χ1n) is 12.9. The van der Waals surface area contributed by atoms with E-state index in [1.165, 1.54) is 33.5 Å².